The van der Waals surface area contributed by atoms with Gasteiger partial charge in [-0.05, 0) is 43.3 Å². The number of para-hydroxylation sites is 1. The third kappa shape index (κ3) is 4.26. The Morgan fingerprint density at radius 3 is 2.54 bits per heavy atom. The molecule has 0 saturated carbocycles. The summed E-state index contributed by atoms with van der Waals surface area (Å²) in [7, 11) is 0. The molecule has 6 heteroatoms. The fraction of sp³-hybridized carbons (Fsp3) is 0.0500. The molecule has 1 amide bonds. The number of hydrogen-bond donors (Lipinski definition) is 2. The summed E-state index contributed by atoms with van der Waals surface area (Å²) in [5.41, 5.74) is 2.74. The van der Waals surface area contributed by atoms with E-state index < -0.39 is 0 Å². The average Bonchev–Trinajstić information content (AvgIpc) is 2.64. The molecule has 0 spiro atoms. The van der Waals surface area contributed by atoms with Crippen LogP contribution in [0, 0.1) is 0 Å². The second-order valence-electron chi connectivity index (χ2n) is 5.63. The van der Waals surface area contributed by atoms with Gasteiger partial charge in [-0.25, -0.2) is 0 Å². The number of amides is 1. The van der Waals surface area contributed by atoms with E-state index >= 15 is 0 Å². The topological polar surface area (TPSA) is 71.1 Å². The van der Waals surface area contributed by atoms with Crippen molar-refractivity contribution < 1.29 is 9.59 Å². The number of ketones is 1. The van der Waals surface area contributed by atoms with E-state index in [4.69, 9.17) is 11.6 Å². The van der Waals surface area contributed by atoms with Crippen molar-refractivity contribution in [2.45, 2.75) is 6.92 Å². The number of anilines is 3. The van der Waals surface area contributed by atoms with Gasteiger partial charge in [0.1, 0.15) is 5.69 Å². The molecule has 3 rings (SSSR count). The third-order valence-corrected chi connectivity index (χ3v) is 4.00. The Balaban J connectivity index is 1.77. The molecule has 0 fully saturated rings. The van der Waals surface area contributed by atoms with Gasteiger partial charge in [-0.3, -0.25) is 14.6 Å². The predicted molar refractivity (Wildman–Crippen MR) is 103 cm³/mol. The quantitative estimate of drug-likeness (QED) is 0.628. The summed E-state index contributed by atoms with van der Waals surface area (Å²) in [5.74, 6) is -0.432. The van der Waals surface area contributed by atoms with E-state index in [0.717, 1.165) is 5.69 Å². The molecule has 0 atom stereocenters. The minimum Gasteiger partial charge on any atom is -0.354 e. The molecule has 0 saturated heterocycles. The third-order valence-electron chi connectivity index (χ3n) is 3.67. The smallest absolute Gasteiger partial charge is 0.274 e. The molecule has 26 heavy (non-hydrogen) atoms. The summed E-state index contributed by atoms with van der Waals surface area (Å²) < 4.78 is 0. The molecular formula is C20H16ClN3O2. The van der Waals surface area contributed by atoms with E-state index in [1.807, 2.05) is 18.2 Å². The van der Waals surface area contributed by atoms with E-state index in [9.17, 15) is 9.59 Å². The number of aromatic nitrogens is 1. The second-order valence-corrected chi connectivity index (χ2v) is 6.03. The lowest BCUT2D eigenvalue weighted by Crippen LogP contribution is -2.14. The molecule has 0 unspecified atom stereocenters. The Morgan fingerprint density at radius 1 is 0.962 bits per heavy atom. The second kappa shape index (κ2) is 7.80. The predicted octanol–water partition coefficient (Wildman–Crippen LogP) is 4.93. The molecule has 2 N–H and O–H groups in total. The van der Waals surface area contributed by atoms with Crippen molar-refractivity contribution in [2.24, 2.45) is 0 Å². The number of pyridine rings is 1. The highest BCUT2D eigenvalue weighted by Crippen LogP contribution is 2.25. The summed E-state index contributed by atoms with van der Waals surface area (Å²) in [5, 5.41) is 6.49. The Bertz CT molecular complexity index is 973. The zero-order valence-electron chi connectivity index (χ0n) is 14.0. The van der Waals surface area contributed by atoms with Crippen molar-refractivity contribution in [2.75, 3.05) is 10.6 Å². The molecule has 0 aliphatic carbocycles. The number of hydrogen-bond acceptors (Lipinski definition) is 4. The fourth-order valence-corrected chi connectivity index (χ4v) is 2.54. The lowest BCUT2D eigenvalue weighted by molar-refractivity contribution is 0.100. The first-order chi connectivity index (χ1) is 12.5. The SMILES string of the molecule is CC(=O)c1cccc(NC(=O)c2cc(Nc3ccccc3Cl)ccn2)c1. The number of carbonyl (C=O) groups excluding carboxylic acids is 2. The Kier molecular flexibility index (Phi) is 5.29. The van der Waals surface area contributed by atoms with Gasteiger partial charge in [-0.1, -0.05) is 35.9 Å². The zero-order chi connectivity index (χ0) is 18.5. The number of benzene rings is 2. The minimum absolute atomic E-state index is 0.0647. The molecular weight excluding hydrogens is 350 g/mol. The van der Waals surface area contributed by atoms with Crippen molar-refractivity contribution >= 4 is 40.4 Å². The molecule has 1 heterocycles. The minimum atomic E-state index is -0.367. The van der Waals surface area contributed by atoms with Crippen molar-refractivity contribution in [3.8, 4) is 0 Å². The highest BCUT2D eigenvalue weighted by molar-refractivity contribution is 6.33. The van der Waals surface area contributed by atoms with Crippen LogP contribution in [0.2, 0.25) is 5.02 Å². The van der Waals surface area contributed by atoms with E-state index in [1.165, 1.54) is 6.92 Å². The summed E-state index contributed by atoms with van der Waals surface area (Å²) in [4.78, 5) is 28.0. The summed E-state index contributed by atoms with van der Waals surface area (Å²) in [6.07, 6.45) is 1.54. The summed E-state index contributed by atoms with van der Waals surface area (Å²) in [6, 6.07) is 17.5. The van der Waals surface area contributed by atoms with Crippen LogP contribution in [0.25, 0.3) is 0 Å². The molecule has 5 nitrogen and oxygen atoms in total. The number of carbonyl (C=O) groups is 2. The van der Waals surface area contributed by atoms with Gasteiger partial charge in [-0.2, -0.15) is 0 Å². The first-order valence-corrected chi connectivity index (χ1v) is 8.31. The van der Waals surface area contributed by atoms with Crippen molar-refractivity contribution in [1.82, 2.24) is 4.98 Å². The number of nitrogens with zero attached hydrogens (tertiary/aromatic N) is 1. The van der Waals surface area contributed by atoms with Crippen LogP contribution in [0.3, 0.4) is 0 Å². The van der Waals surface area contributed by atoms with Gasteiger partial charge in [0, 0.05) is 23.1 Å². The van der Waals surface area contributed by atoms with E-state index in [-0.39, 0.29) is 17.4 Å². The van der Waals surface area contributed by atoms with Crippen LogP contribution >= 0.6 is 11.6 Å². The van der Waals surface area contributed by atoms with Crippen LogP contribution in [-0.4, -0.2) is 16.7 Å². The van der Waals surface area contributed by atoms with Gasteiger partial charge in [-0.15, -0.1) is 0 Å². The lowest BCUT2D eigenvalue weighted by atomic mass is 10.1. The maximum absolute atomic E-state index is 12.5. The number of nitrogens with one attached hydrogen (secondary N) is 2. The average molecular weight is 366 g/mol. The van der Waals surface area contributed by atoms with Gasteiger partial charge >= 0.3 is 0 Å². The van der Waals surface area contributed by atoms with Crippen LogP contribution in [-0.2, 0) is 0 Å². The van der Waals surface area contributed by atoms with E-state index in [1.54, 1.807) is 48.7 Å². The van der Waals surface area contributed by atoms with Gasteiger partial charge < -0.3 is 10.6 Å². The molecule has 1 aromatic heterocycles. The van der Waals surface area contributed by atoms with Crippen molar-refractivity contribution in [1.29, 1.82) is 0 Å². The normalized spacial score (nSPS) is 10.2. The molecule has 0 radical (unpaired) electrons. The van der Waals surface area contributed by atoms with Crippen LogP contribution in [0.4, 0.5) is 17.1 Å². The van der Waals surface area contributed by atoms with E-state index in [2.05, 4.69) is 15.6 Å². The number of halogens is 1. The Labute approximate surface area is 156 Å². The Hall–Kier alpha value is -3.18. The standard InChI is InChI=1S/C20H16ClN3O2/c1-13(25)14-5-4-6-15(11-14)24-20(26)19-12-16(9-10-22-19)23-18-8-3-2-7-17(18)21/h2-12H,1H3,(H,22,23)(H,24,26). The molecule has 0 aliphatic heterocycles. The van der Waals surface area contributed by atoms with Gasteiger partial charge in [0.15, 0.2) is 5.78 Å². The molecule has 3 aromatic rings. The van der Waals surface area contributed by atoms with Gasteiger partial charge in [0.2, 0.25) is 0 Å². The lowest BCUT2D eigenvalue weighted by Gasteiger charge is -2.10. The van der Waals surface area contributed by atoms with Crippen LogP contribution in [0.15, 0.2) is 66.9 Å². The van der Waals surface area contributed by atoms with Gasteiger partial charge in [0.05, 0.1) is 10.7 Å². The van der Waals surface area contributed by atoms with Crippen LogP contribution in [0.1, 0.15) is 27.8 Å². The molecule has 130 valence electrons. The van der Waals surface area contributed by atoms with Gasteiger partial charge in [0.25, 0.3) is 5.91 Å². The highest BCUT2D eigenvalue weighted by Gasteiger charge is 2.10. The van der Waals surface area contributed by atoms with Crippen LogP contribution in [0.5, 0.6) is 0 Å². The maximum atomic E-state index is 12.5. The van der Waals surface area contributed by atoms with E-state index in [0.29, 0.717) is 22.0 Å². The maximum Gasteiger partial charge on any atom is 0.274 e. The zero-order valence-corrected chi connectivity index (χ0v) is 14.7. The number of rotatable bonds is 5. The fourth-order valence-electron chi connectivity index (χ4n) is 2.36. The monoisotopic (exact) mass is 365 g/mol. The van der Waals surface area contributed by atoms with Crippen molar-refractivity contribution in [3.05, 3.63) is 83.1 Å². The molecule has 0 bridgehead atoms. The summed E-state index contributed by atoms with van der Waals surface area (Å²) in [6.45, 7) is 1.48. The molecule has 2 aromatic carbocycles. The first-order valence-electron chi connectivity index (χ1n) is 7.93. The Morgan fingerprint density at radius 2 is 1.77 bits per heavy atom. The largest absolute Gasteiger partial charge is 0.354 e. The summed E-state index contributed by atoms with van der Waals surface area (Å²) >= 11 is 6.14. The van der Waals surface area contributed by atoms with Crippen LogP contribution < -0.4 is 10.6 Å². The number of Topliss-reactive ketones (excluding diaryl/α,β-unsaturated/α-hetero) is 1. The highest BCUT2D eigenvalue weighted by atomic mass is 35.5. The van der Waals surface area contributed by atoms with Crippen molar-refractivity contribution in [3.63, 3.8) is 0 Å². The molecule has 0 aliphatic rings. The first kappa shape index (κ1) is 17.6.